The largest absolute Gasteiger partial charge is 0.481 e. The van der Waals surface area contributed by atoms with E-state index >= 15 is 0 Å². The number of rotatable bonds is 5. The van der Waals surface area contributed by atoms with Gasteiger partial charge in [-0.3, -0.25) is 9.59 Å². The Morgan fingerprint density at radius 1 is 1.26 bits per heavy atom. The second-order valence-corrected chi connectivity index (χ2v) is 6.37. The Balaban J connectivity index is 2.45. The Labute approximate surface area is 114 Å². The van der Waals surface area contributed by atoms with Crippen molar-refractivity contribution in [3.8, 4) is 0 Å². The molecule has 110 valence electrons. The first-order valence-electron chi connectivity index (χ1n) is 6.89. The van der Waals surface area contributed by atoms with Gasteiger partial charge in [0, 0.05) is 19.5 Å². The number of carbonyl (C=O) groups is 2. The predicted octanol–water partition coefficient (Wildman–Crippen LogP) is 1.50. The number of carboxylic acids is 1. The van der Waals surface area contributed by atoms with E-state index in [0.717, 1.165) is 12.8 Å². The predicted molar refractivity (Wildman–Crippen MR) is 71.6 cm³/mol. The minimum Gasteiger partial charge on any atom is -0.481 e. The molecule has 1 unspecified atom stereocenters. The van der Waals surface area contributed by atoms with Crippen molar-refractivity contribution in [2.45, 2.75) is 52.6 Å². The molecule has 19 heavy (non-hydrogen) atoms. The number of piperidine rings is 1. The molecule has 0 aromatic carbocycles. The summed E-state index contributed by atoms with van der Waals surface area (Å²) in [6.45, 7) is 6.73. The molecule has 1 aliphatic heterocycles. The van der Waals surface area contributed by atoms with E-state index in [0.29, 0.717) is 13.1 Å². The smallest absolute Gasteiger partial charge is 0.303 e. The number of hydrogen-bond donors (Lipinski definition) is 2. The molecule has 1 atom stereocenters. The molecular formula is C14H25NO4. The highest BCUT2D eigenvalue weighted by Gasteiger charge is 2.30. The number of aliphatic hydroxyl groups is 1. The molecule has 0 aliphatic carbocycles. The second-order valence-electron chi connectivity index (χ2n) is 6.37. The minimum absolute atomic E-state index is 0.00286. The minimum atomic E-state index is -0.870. The zero-order chi connectivity index (χ0) is 14.6. The van der Waals surface area contributed by atoms with Gasteiger partial charge in [0.25, 0.3) is 0 Å². The number of aliphatic hydroxyl groups excluding tert-OH is 1. The molecule has 1 aliphatic rings. The summed E-state index contributed by atoms with van der Waals surface area (Å²) in [6.07, 6.45) is 1.59. The van der Waals surface area contributed by atoms with Crippen molar-refractivity contribution in [3.63, 3.8) is 0 Å². The molecule has 5 heteroatoms. The van der Waals surface area contributed by atoms with Gasteiger partial charge in [0.2, 0.25) is 5.91 Å². The van der Waals surface area contributed by atoms with Crippen LogP contribution in [0, 0.1) is 11.3 Å². The van der Waals surface area contributed by atoms with Crippen molar-refractivity contribution in [3.05, 3.63) is 0 Å². The maximum atomic E-state index is 12.1. The van der Waals surface area contributed by atoms with Crippen LogP contribution < -0.4 is 0 Å². The maximum absolute atomic E-state index is 12.1. The van der Waals surface area contributed by atoms with Gasteiger partial charge in [-0.25, -0.2) is 0 Å². The number of hydrogen-bond acceptors (Lipinski definition) is 3. The van der Waals surface area contributed by atoms with Crippen LogP contribution in [0.5, 0.6) is 0 Å². The van der Waals surface area contributed by atoms with Crippen LogP contribution in [0.4, 0.5) is 0 Å². The van der Waals surface area contributed by atoms with Gasteiger partial charge in [-0.05, 0) is 31.1 Å². The van der Waals surface area contributed by atoms with Crippen LogP contribution in [-0.2, 0) is 9.59 Å². The van der Waals surface area contributed by atoms with Gasteiger partial charge >= 0.3 is 5.97 Å². The molecule has 0 radical (unpaired) electrons. The second kappa shape index (κ2) is 6.37. The molecule has 1 amide bonds. The highest BCUT2D eigenvalue weighted by molar-refractivity contribution is 5.78. The summed E-state index contributed by atoms with van der Waals surface area (Å²) >= 11 is 0. The monoisotopic (exact) mass is 271 g/mol. The van der Waals surface area contributed by atoms with Gasteiger partial charge in [0.15, 0.2) is 0 Å². The molecule has 1 rings (SSSR count). The Bertz CT molecular complexity index is 330. The number of carbonyl (C=O) groups excluding carboxylic acids is 1. The Hall–Kier alpha value is -1.10. The quantitative estimate of drug-likeness (QED) is 0.794. The molecule has 0 spiro atoms. The van der Waals surface area contributed by atoms with Crippen LogP contribution in [-0.4, -0.2) is 46.2 Å². The molecule has 2 N–H and O–H groups in total. The normalized spacial score (nSPS) is 19.3. The first-order chi connectivity index (χ1) is 8.71. The van der Waals surface area contributed by atoms with Crippen molar-refractivity contribution < 1.29 is 19.8 Å². The molecule has 0 aromatic heterocycles. The van der Waals surface area contributed by atoms with E-state index in [1.54, 1.807) is 11.8 Å². The highest BCUT2D eigenvalue weighted by Crippen LogP contribution is 2.28. The van der Waals surface area contributed by atoms with E-state index in [9.17, 15) is 14.7 Å². The van der Waals surface area contributed by atoms with Crippen molar-refractivity contribution in [2.75, 3.05) is 13.1 Å². The SMILES string of the molecule is CC(O)C1CCN(C(=O)CC(C)(C)CC(=O)O)CC1. The number of likely N-dealkylation sites (tertiary alicyclic amines) is 1. The molecule has 0 aromatic rings. The van der Waals surface area contributed by atoms with Gasteiger partial charge in [-0.1, -0.05) is 13.8 Å². The summed E-state index contributed by atoms with van der Waals surface area (Å²) in [5.41, 5.74) is -0.510. The number of aliphatic carboxylic acids is 1. The first-order valence-corrected chi connectivity index (χ1v) is 6.89. The third-order valence-corrected chi connectivity index (χ3v) is 3.83. The van der Waals surface area contributed by atoms with Gasteiger partial charge < -0.3 is 15.1 Å². The first kappa shape index (κ1) is 16.0. The van der Waals surface area contributed by atoms with Crippen LogP contribution in [0.3, 0.4) is 0 Å². The van der Waals surface area contributed by atoms with Crippen LogP contribution in [0.1, 0.15) is 46.5 Å². The van der Waals surface area contributed by atoms with Gasteiger partial charge in [0.1, 0.15) is 0 Å². The van der Waals surface area contributed by atoms with Crippen LogP contribution in [0.25, 0.3) is 0 Å². The Morgan fingerprint density at radius 2 is 1.79 bits per heavy atom. The Morgan fingerprint density at radius 3 is 2.21 bits per heavy atom. The van der Waals surface area contributed by atoms with Crippen LogP contribution in [0.2, 0.25) is 0 Å². The van der Waals surface area contributed by atoms with Gasteiger partial charge in [-0.15, -0.1) is 0 Å². The maximum Gasteiger partial charge on any atom is 0.303 e. The van der Waals surface area contributed by atoms with Crippen LogP contribution >= 0.6 is 0 Å². The Kier molecular flexibility index (Phi) is 5.35. The van der Waals surface area contributed by atoms with E-state index in [1.807, 2.05) is 13.8 Å². The summed E-state index contributed by atoms with van der Waals surface area (Å²) in [4.78, 5) is 24.7. The van der Waals surface area contributed by atoms with Crippen molar-refractivity contribution in [1.29, 1.82) is 0 Å². The standard InChI is InChI=1S/C14H25NO4/c1-10(16)11-4-6-15(7-5-11)12(17)8-14(2,3)9-13(18)19/h10-11,16H,4-9H2,1-3H3,(H,18,19). The van der Waals surface area contributed by atoms with Crippen molar-refractivity contribution >= 4 is 11.9 Å². The van der Waals surface area contributed by atoms with Crippen molar-refractivity contribution in [2.24, 2.45) is 11.3 Å². The topological polar surface area (TPSA) is 77.8 Å². The zero-order valence-corrected chi connectivity index (χ0v) is 12.1. The lowest BCUT2D eigenvalue weighted by molar-refractivity contribution is -0.141. The highest BCUT2D eigenvalue weighted by atomic mass is 16.4. The number of nitrogens with zero attached hydrogens (tertiary/aromatic N) is 1. The molecule has 1 saturated heterocycles. The van der Waals surface area contributed by atoms with E-state index < -0.39 is 11.4 Å². The molecule has 1 fully saturated rings. The molecule has 1 heterocycles. The average Bonchev–Trinajstić information content (AvgIpc) is 2.26. The van der Waals surface area contributed by atoms with E-state index in [4.69, 9.17) is 5.11 Å². The fraction of sp³-hybridized carbons (Fsp3) is 0.857. The lowest BCUT2D eigenvalue weighted by atomic mass is 9.84. The van der Waals surface area contributed by atoms with E-state index in [2.05, 4.69) is 0 Å². The van der Waals surface area contributed by atoms with Crippen molar-refractivity contribution in [1.82, 2.24) is 4.90 Å². The molecule has 5 nitrogen and oxygen atoms in total. The van der Waals surface area contributed by atoms with E-state index in [1.165, 1.54) is 0 Å². The molecule has 0 bridgehead atoms. The van der Waals surface area contributed by atoms with Crippen LogP contribution in [0.15, 0.2) is 0 Å². The number of carboxylic acid groups (broad SMARTS) is 1. The third kappa shape index (κ3) is 5.19. The summed E-state index contributed by atoms with van der Waals surface area (Å²) in [7, 11) is 0. The van der Waals surface area contributed by atoms with E-state index in [-0.39, 0.29) is 30.8 Å². The number of amides is 1. The summed E-state index contributed by atoms with van der Waals surface area (Å²) < 4.78 is 0. The zero-order valence-electron chi connectivity index (χ0n) is 12.1. The average molecular weight is 271 g/mol. The fourth-order valence-electron chi connectivity index (χ4n) is 2.62. The van der Waals surface area contributed by atoms with Gasteiger partial charge in [0.05, 0.1) is 12.5 Å². The lowest BCUT2D eigenvalue weighted by Crippen LogP contribution is -2.42. The third-order valence-electron chi connectivity index (χ3n) is 3.83. The summed E-state index contributed by atoms with van der Waals surface area (Å²) in [6, 6.07) is 0. The van der Waals surface area contributed by atoms with Gasteiger partial charge in [-0.2, -0.15) is 0 Å². The molecule has 0 saturated carbocycles. The summed E-state index contributed by atoms with van der Waals surface area (Å²) in [5, 5.41) is 18.3. The molecular weight excluding hydrogens is 246 g/mol. The summed E-state index contributed by atoms with van der Waals surface area (Å²) in [5.74, 6) is -0.572. The lowest BCUT2D eigenvalue weighted by Gasteiger charge is -2.35. The fourth-order valence-corrected chi connectivity index (χ4v) is 2.62.